The van der Waals surface area contributed by atoms with E-state index in [0.29, 0.717) is 18.2 Å². The molecule has 4 rings (SSSR count). The summed E-state index contributed by atoms with van der Waals surface area (Å²) in [5, 5.41) is 17.1. The van der Waals surface area contributed by atoms with Crippen LogP contribution in [0.2, 0.25) is 0 Å². The number of likely N-dealkylation sites (tertiary alicyclic amines) is 1. The van der Waals surface area contributed by atoms with E-state index in [2.05, 4.69) is 20.2 Å². The minimum atomic E-state index is -0.0956. The van der Waals surface area contributed by atoms with E-state index in [1.165, 1.54) is 7.11 Å². The van der Waals surface area contributed by atoms with Crippen LogP contribution in [0.3, 0.4) is 0 Å². The van der Waals surface area contributed by atoms with Crippen molar-refractivity contribution in [3.05, 3.63) is 47.9 Å². The molecule has 1 aliphatic rings. The Morgan fingerprint density at radius 1 is 1.35 bits per heavy atom. The highest BCUT2D eigenvalue weighted by Gasteiger charge is 2.33. The Morgan fingerprint density at radius 2 is 2.19 bits per heavy atom. The number of aromatic amines is 1. The second-order valence-corrected chi connectivity index (χ2v) is 7.76. The number of phenols is 1. The lowest BCUT2D eigenvalue weighted by atomic mass is 10.0. The van der Waals surface area contributed by atoms with E-state index in [1.807, 2.05) is 30.0 Å². The molecule has 0 aliphatic carbocycles. The number of methoxy groups -OCH3 is 1. The lowest BCUT2D eigenvalue weighted by Gasteiger charge is -2.25. The summed E-state index contributed by atoms with van der Waals surface area (Å²) in [4.78, 5) is 25.8. The molecule has 2 aromatic heterocycles. The Morgan fingerprint density at radius 3 is 2.97 bits per heavy atom. The molecule has 3 heterocycles. The zero-order valence-electron chi connectivity index (χ0n) is 17.9. The summed E-state index contributed by atoms with van der Waals surface area (Å²) in [6.45, 7) is 0.684. The molecule has 0 unspecified atom stereocenters. The summed E-state index contributed by atoms with van der Waals surface area (Å²) < 4.78 is 5.16. The number of aromatic hydroxyl groups is 1. The Labute approximate surface area is 180 Å². The number of phenolic OH excluding ortho intramolecular Hbond substituents is 1. The Kier molecular flexibility index (Phi) is 5.75. The molecule has 162 valence electrons. The van der Waals surface area contributed by atoms with Gasteiger partial charge in [0, 0.05) is 32.4 Å². The van der Waals surface area contributed by atoms with Gasteiger partial charge in [0.1, 0.15) is 0 Å². The monoisotopic (exact) mass is 422 g/mol. The molecule has 1 aliphatic heterocycles. The van der Waals surface area contributed by atoms with Crippen LogP contribution in [0.5, 0.6) is 11.5 Å². The number of hydrogen-bond donors (Lipinski definition) is 2. The summed E-state index contributed by atoms with van der Waals surface area (Å²) in [7, 11) is 5.28. The van der Waals surface area contributed by atoms with Crippen LogP contribution in [0.15, 0.2) is 36.7 Å². The van der Waals surface area contributed by atoms with E-state index in [9.17, 15) is 9.90 Å². The van der Waals surface area contributed by atoms with Crippen LogP contribution in [0.25, 0.3) is 11.3 Å². The first-order chi connectivity index (χ1) is 15.0. The molecule has 1 amide bonds. The van der Waals surface area contributed by atoms with E-state index in [1.54, 1.807) is 30.6 Å². The number of carbonyl (C=O) groups is 1. The second kappa shape index (κ2) is 8.63. The number of benzene rings is 1. The van der Waals surface area contributed by atoms with Gasteiger partial charge in [-0.05, 0) is 36.6 Å². The summed E-state index contributed by atoms with van der Waals surface area (Å²) >= 11 is 0. The van der Waals surface area contributed by atoms with E-state index in [0.717, 1.165) is 35.4 Å². The van der Waals surface area contributed by atoms with E-state index in [4.69, 9.17) is 4.74 Å². The molecule has 9 nitrogen and oxygen atoms in total. The van der Waals surface area contributed by atoms with Gasteiger partial charge in [-0.3, -0.25) is 9.89 Å². The lowest BCUT2D eigenvalue weighted by Crippen LogP contribution is -2.32. The zero-order valence-corrected chi connectivity index (χ0v) is 17.9. The molecule has 1 saturated heterocycles. The van der Waals surface area contributed by atoms with Crippen LogP contribution < -0.4 is 9.64 Å². The maximum atomic E-state index is 13.2. The number of nitrogens with zero attached hydrogens (tertiary/aromatic N) is 5. The topological polar surface area (TPSA) is 107 Å². The van der Waals surface area contributed by atoms with Crippen molar-refractivity contribution in [2.24, 2.45) is 0 Å². The highest BCUT2D eigenvalue weighted by Crippen LogP contribution is 2.36. The Bertz CT molecular complexity index is 1080. The fraction of sp³-hybridized carbons (Fsp3) is 0.364. The smallest absolute Gasteiger partial charge is 0.227 e. The molecule has 9 heteroatoms. The van der Waals surface area contributed by atoms with Crippen LogP contribution in [0.4, 0.5) is 5.95 Å². The number of carbonyl (C=O) groups excluding carboxylic acids is 1. The van der Waals surface area contributed by atoms with Gasteiger partial charge in [-0.1, -0.05) is 6.07 Å². The van der Waals surface area contributed by atoms with Crippen LogP contribution in [0, 0.1) is 0 Å². The third-order valence-corrected chi connectivity index (χ3v) is 5.49. The lowest BCUT2D eigenvalue weighted by molar-refractivity contribution is -0.131. The first-order valence-electron chi connectivity index (χ1n) is 10.2. The molecule has 3 aromatic rings. The van der Waals surface area contributed by atoms with E-state index >= 15 is 0 Å². The summed E-state index contributed by atoms with van der Waals surface area (Å²) in [6, 6.07) is 6.75. The van der Waals surface area contributed by atoms with Gasteiger partial charge in [0.2, 0.25) is 11.9 Å². The van der Waals surface area contributed by atoms with Crippen molar-refractivity contribution < 1.29 is 14.6 Å². The number of nitrogens with one attached hydrogen (secondary N) is 1. The largest absolute Gasteiger partial charge is 0.504 e. The molecule has 31 heavy (non-hydrogen) atoms. The Hall–Kier alpha value is -3.62. The summed E-state index contributed by atoms with van der Waals surface area (Å²) in [5.41, 5.74) is 3.32. The van der Waals surface area contributed by atoms with Gasteiger partial charge in [-0.2, -0.15) is 5.10 Å². The van der Waals surface area contributed by atoms with Gasteiger partial charge < -0.3 is 19.6 Å². The number of anilines is 1. The first-order valence-corrected chi connectivity index (χ1v) is 10.2. The predicted octanol–water partition coefficient (Wildman–Crippen LogP) is 2.55. The number of aromatic nitrogens is 4. The number of amides is 1. The summed E-state index contributed by atoms with van der Waals surface area (Å²) in [5.74, 6) is 1.05. The van der Waals surface area contributed by atoms with Crippen LogP contribution >= 0.6 is 0 Å². The highest BCUT2D eigenvalue weighted by molar-refractivity contribution is 5.80. The molecule has 1 aromatic carbocycles. The fourth-order valence-electron chi connectivity index (χ4n) is 3.94. The quantitative estimate of drug-likeness (QED) is 0.629. The molecule has 2 N–H and O–H groups in total. The Balaban J connectivity index is 1.58. The average Bonchev–Trinajstić information content (AvgIpc) is 3.44. The van der Waals surface area contributed by atoms with Crippen LogP contribution in [0.1, 0.15) is 30.1 Å². The van der Waals surface area contributed by atoms with Gasteiger partial charge in [0.05, 0.1) is 37.2 Å². The van der Waals surface area contributed by atoms with Crippen LogP contribution in [-0.2, 0) is 11.2 Å². The molecular weight excluding hydrogens is 396 g/mol. The molecular formula is C22H26N6O3. The van der Waals surface area contributed by atoms with Crippen molar-refractivity contribution in [1.82, 2.24) is 25.1 Å². The number of ether oxygens (including phenoxy) is 1. The zero-order chi connectivity index (χ0) is 22.0. The molecule has 0 radical (unpaired) electrons. The highest BCUT2D eigenvalue weighted by atomic mass is 16.5. The maximum absolute atomic E-state index is 13.2. The third-order valence-electron chi connectivity index (χ3n) is 5.49. The predicted molar refractivity (Wildman–Crippen MR) is 116 cm³/mol. The first kappa shape index (κ1) is 20.6. The molecule has 0 spiro atoms. The SMILES string of the molecule is COc1cc(CC(=O)N2CCC[C@H]2c2[nH]ncc2-c2ccnc(N(C)C)n2)ccc1O. The van der Waals surface area contributed by atoms with Gasteiger partial charge in [-0.15, -0.1) is 0 Å². The van der Waals surface area contributed by atoms with Crippen LogP contribution in [-0.4, -0.2) is 63.8 Å². The molecule has 0 saturated carbocycles. The van der Waals surface area contributed by atoms with Crippen molar-refractivity contribution >= 4 is 11.9 Å². The maximum Gasteiger partial charge on any atom is 0.227 e. The van der Waals surface area contributed by atoms with Gasteiger partial charge in [0.25, 0.3) is 0 Å². The van der Waals surface area contributed by atoms with Gasteiger partial charge in [-0.25, -0.2) is 9.97 Å². The fourth-order valence-corrected chi connectivity index (χ4v) is 3.94. The average molecular weight is 422 g/mol. The summed E-state index contributed by atoms with van der Waals surface area (Å²) in [6.07, 6.45) is 5.48. The van der Waals surface area contributed by atoms with E-state index < -0.39 is 0 Å². The molecule has 1 fully saturated rings. The van der Waals surface area contributed by atoms with Crippen molar-refractivity contribution in [3.63, 3.8) is 0 Å². The minimum absolute atomic E-state index is 0.0208. The van der Waals surface area contributed by atoms with Crippen molar-refractivity contribution in [3.8, 4) is 22.8 Å². The number of rotatable bonds is 6. The van der Waals surface area contributed by atoms with Gasteiger partial charge in [0.15, 0.2) is 11.5 Å². The standard InChI is InChI=1S/C22H26N6O3/c1-27(2)22-23-9-8-16(25-22)15-13-24-26-21(15)17-5-4-10-28(17)20(30)12-14-6-7-18(29)19(11-14)31-3/h6-9,11,13,17,29H,4-5,10,12H2,1-3H3,(H,24,26)/t17-/m0/s1. The van der Waals surface area contributed by atoms with E-state index in [-0.39, 0.29) is 24.1 Å². The minimum Gasteiger partial charge on any atom is -0.504 e. The third kappa shape index (κ3) is 4.16. The normalized spacial score (nSPS) is 15.8. The molecule has 0 bridgehead atoms. The van der Waals surface area contributed by atoms with Crippen molar-refractivity contribution in [1.29, 1.82) is 0 Å². The van der Waals surface area contributed by atoms with Gasteiger partial charge >= 0.3 is 0 Å². The van der Waals surface area contributed by atoms with Crippen molar-refractivity contribution in [2.75, 3.05) is 32.6 Å². The molecule has 1 atom stereocenters. The second-order valence-electron chi connectivity index (χ2n) is 7.76. The van der Waals surface area contributed by atoms with Crippen molar-refractivity contribution in [2.45, 2.75) is 25.3 Å². The number of H-pyrrole nitrogens is 1. The number of hydrogen-bond acceptors (Lipinski definition) is 7.